The van der Waals surface area contributed by atoms with Crippen LogP contribution in [0.2, 0.25) is 0 Å². The molecule has 0 aromatic carbocycles. The number of allylic oxidation sites excluding steroid dienone is 1. The van der Waals surface area contributed by atoms with E-state index in [-0.39, 0.29) is 0 Å². The van der Waals surface area contributed by atoms with Crippen molar-refractivity contribution in [3.63, 3.8) is 0 Å². The van der Waals surface area contributed by atoms with Gasteiger partial charge in [-0.2, -0.15) is 0 Å². The maximum atomic E-state index is 3.79. The third kappa shape index (κ3) is 2.35. The fourth-order valence-electron chi connectivity index (χ4n) is 1.66. The molecular weight excluding hydrogens is 146 g/mol. The highest BCUT2D eigenvalue weighted by atomic mass is 14.9. The summed E-state index contributed by atoms with van der Waals surface area (Å²) in [5, 5.41) is 3.49. The van der Waals surface area contributed by atoms with Gasteiger partial charge in [-0.15, -0.1) is 6.58 Å². The van der Waals surface area contributed by atoms with Gasteiger partial charge in [-0.05, 0) is 25.3 Å². The second kappa shape index (κ2) is 4.27. The fourth-order valence-corrected chi connectivity index (χ4v) is 1.66. The summed E-state index contributed by atoms with van der Waals surface area (Å²) in [6.45, 7) is 9.70. The zero-order valence-electron chi connectivity index (χ0n) is 7.72. The summed E-state index contributed by atoms with van der Waals surface area (Å²) in [6.07, 6.45) is 8.27. The Morgan fingerprint density at radius 3 is 3.00 bits per heavy atom. The highest BCUT2D eigenvalue weighted by molar-refractivity contribution is 5.22. The van der Waals surface area contributed by atoms with Crippen LogP contribution in [0, 0.1) is 0 Å². The predicted molar refractivity (Wildman–Crippen MR) is 54.1 cm³/mol. The summed E-state index contributed by atoms with van der Waals surface area (Å²) in [7, 11) is 0. The first-order chi connectivity index (χ1) is 5.76. The molecule has 0 aromatic rings. The van der Waals surface area contributed by atoms with Crippen LogP contribution >= 0.6 is 0 Å². The second-order valence-electron chi connectivity index (χ2n) is 3.33. The van der Waals surface area contributed by atoms with Gasteiger partial charge in [0.05, 0.1) is 0 Å². The smallest absolute Gasteiger partial charge is 0.0230 e. The molecule has 0 saturated heterocycles. The number of hydrogen-bond donors (Lipinski definition) is 1. The Hall–Kier alpha value is -0.820. The molecule has 0 radical (unpaired) electrons. The molecule has 1 N–H and O–H groups in total. The van der Waals surface area contributed by atoms with E-state index in [1.807, 2.05) is 12.2 Å². The highest BCUT2D eigenvalue weighted by Gasteiger charge is 2.15. The number of rotatable bonds is 3. The average Bonchev–Trinajstić information content (AvgIpc) is 2.04. The van der Waals surface area contributed by atoms with Crippen LogP contribution in [0.4, 0.5) is 0 Å². The topological polar surface area (TPSA) is 12.0 Å². The Balaban J connectivity index is 2.58. The van der Waals surface area contributed by atoms with Crippen LogP contribution in [0.3, 0.4) is 0 Å². The zero-order valence-corrected chi connectivity index (χ0v) is 7.72. The van der Waals surface area contributed by atoms with Gasteiger partial charge in [0.25, 0.3) is 0 Å². The lowest BCUT2D eigenvalue weighted by Crippen LogP contribution is -2.38. The van der Waals surface area contributed by atoms with Gasteiger partial charge in [0.2, 0.25) is 0 Å². The zero-order chi connectivity index (χ0) is 8.97. The maximum Gasteiger partial charge on any atom is 0.0230 e. The van der Waals surface area contributed by atoms with Crippen LogP contribution in [0.1, 0.15) is 19.8 Å². The van der Waals surface area contributed by atoms with Crippen LogP contribution in [0.15, 0.2) is 37.0 Å². The van der Waals surface area contributed by atoms with E-state index in [9.17, 15) is 0 Å². The van der Waals surface area contributed by atoms with Gasteiger partial charge >= 0.3 is 0 Å². The molecule has 1 rings (SSSR count). The van der Waals surface area contributed by atoms with Crippen LogP contribution in [-0.4, -0.2) is 12.1 Å². The van der Waals surface area contributed by atoms with Crippen LogP contribution in [0.5, 0.6) is 0 Å². The summed E-state index contributed by atoms with van der Waals surface area (Å²) < 4.78 is 0. The number of nitrogens with one attached hydrogen (secondary N) is 1. The molecule has 0 bridgehead atoms. The average molecular weight is 163 g/mol. The molecule has 1 aliphatic heterocycles. The van der Waals surface area contributed by atoms with Crippen molar-refractivity contribution in [3.8, 4) is 0 Å². The summed E-state index contributed by atoms with van der Waals surface area (Å²) in [5.74, 6) is 0. The van der Waals surface area contributed by atoms with Gasteiger partial charge in [0, 0.05) is 12.1 Å². The lowest BCUT2D eigenvalue weighted by Gasteiger charge is -2.26. The minimum atomic E-state index is 0.469. The lowest BCUT2D eigenvalue weighted by molar-refractivity contribution is 0.463. The first kappa shape index (κ1) is 9.27. The third-order valence-electron chi connectivity index (χ3n) is 2.16. The molecule has 0 amide bonds. The quantitative estimate of drug-likeness (QED) is 0.630. The van der Waals surface area contributed by atoms with E-state index in [0.717, 1.165) is 12.8 Å². The van der Waals surface area contributed by atoms with E-state index in [2.05, 4.69) is 31.5 Å². The molecule has 12 heavy (non-hydrogen) atoms. The second-order valence-corrected chi connectivity index (χ2v) is 3.33. The van der Waals surface area contributed by atoms with Crippen molar-refractivity contribution in [1.82, 2.24) is 5.32 Å². The Kier molecular flexibility index (Phi) is 3.30. The first-order valence-corrected chi connectivity index (χ1v) is 4.46. The van der Waals surface area contributed by atoms with Crippen LogP contribution < -0.4 is 5.32 Å². The molecule has 0 aromatic heterocycles. The van der Waals surface area contributed by atoms with Gasteiger partial charge in [-0.25, -0.2) is 0 Å². The van der Waals surface area contributed by atoms with E-state index in [0.29, 0.717) is 12.1 Å². The SMILES string of the molecule is C=CCC1CC(C=C)=CC(C)N1. The first-order valence-electron chi connectivity index (χ1n) is 4.46. The summed E-state index contributed by atoms with van der Waals surface area (Å²) in [6, 6.07) is 1.02. The molecule has 1 nitrogen and oxygen atoms in total. The van der Waals surface area contributed by atoms with Gasteiger partial charge < -0.3 is 5.32 Å². The molecule has 0 fully saturated rings. The Morgan fingerprint density at radius 1 is 1.67 bits per heavy atom. The van der Waals surface area contributed by atoms with E-state index < -0.39 is 0 Å². The Labute approximate surface area is 74.9 Å². The van der Waals surface area contributed by atoms with Crippen molar-refractivity contribution in [2.45, 2.75) is 31.8 Å². The third-order valence-corrected chi connectivity index (χ3v) is 2.16. The minimum absolute atomic E-state index is 0.469. The summed E-state index contributed by atoms with van der Waals surface area (Å²) >= 11 is 0. The van der Waals surface area contributed by atoms with E-state index in [1.165, 1.54) is 5.57 Å². The monoisotopic (exact) mass is 163 g/mol. The summed E-state index contributed by atoms with van der Waals surface area (Å²) in [5.41, 5.74) is 1.35. The van der Waals surface area contributed by atoms with Crippen molar-refractivity contribution in [3.05, 3.63) is 37.0 Å². The number of hydrogen-bond acceptors (Lipinski definition) is 1. The lowest BCUT2D eigenvalue weighted by atomic mass is 9.96. The maximum absolute atomic E-state index is 3.79. The van der Waals surface area contributed by atoms with E-state index in [4.69, 9.17) is 0 Å². The molecule has 1 aliphatic rings. The minimum Gasteiger partial charge on any atom is -0.307 e. The standard InChI is InChI=1S/C11H17N/c1-4-6-11-8-10(5-2)7-9(3)12-11/h4-5,7,9,11-12H,1-2,6,8H2,3H3. The molecule has 0 aliphatic carbocycles. The molecule has 0 saturated carbocycles. The van der Waals surface area contributed by atoms with Crippen molar-refractivity contribution >= 4 is 0 Å². The van der Waals surface area contributed by atoms with Crippen LogP contribution in [-0.2, 0) is 0 Å². The van der Waals surface area contributed by atoms with Gasteiger partial charge in [-0.3, -0.25) is 0 Å². The predicted octanol–water partition coefficient (Wildman–Crippen LogP) is 2.43. The molecule has 2 atom stereocenters. The molecular formula is C11H17N. The van der Waals surface area contributed by atoms with Crippen molar-refractivity contribution in [2.75, 3.05) is 0 Å². The molecule has 1 heteroatoms. The molecule has 1 heterocycles. The van der Waals surface area contributed by atoms with Gasteiger partial charge in [0.15, 0.2) is 0 Å². The van der Waals surface area contributed by atoms with Gasteiger partial charge in [0.1, 0.15) is 0 Å². The molecule has 66 valence electrons. The van der Waals surface area contributed by atoms with Crippen molar-refractivity contribution in [1.29, 1.82) is 0 Å². The van der Waals surface area contributed by atoms with Crippen molar-refractivity contribution < 1.29 is 0 Å². The summed E-state index contributed by atoms with van der Waals surface area (Å²) in [4.78, 5) is 0. The molecule has 2 unspecified atom stereocenters. The van der Waals surface area contributed by atoms with Crippen molar-refractivity contribution in [2.24, 2.45) is 0 Å². The van der Waals surface area contributed by atoms with Crippen LogP contribution in [0.25, 0.3) is 0 Å². The Morgan fingerprint density at radius 2 is 2.42 bits per heavy atom. The highest BCUT2D eigenvalue weighted by Crippen LogP contribution is 2.16. The molecule has 0 spiro atoms. The Bertz CT molecular complexity index is 203. The van der Waals surface area contributed by atoms with E-state index in [1.54, 1.807) is 0 Å². The van der Waals surface area contributed by atoms with Gasteiger partial charge in [-0.1, -0.05) is 24.8 Å². The van der Waals surface area contributed by atoms with E-state index >= 15 is 0 Å². The normalized spacial score (nSPS) is 29.2. The fraction of sp³-hybridized carbons (Fsp3) is 0.455. The largest absolute Gasteiger partial charge is 0.307 e.